The molecule has 15 heavy (non-hydrogen) atoms. The maximum absolute atomic E-state index is 4.66. The van der Waals surface area contributed by atoms with Crippen molar-refractivity contribution >= 4 is 24.9 Å². The number of aromatic nitrogens is 1. The summed E-state index contributed by atoms with van der Waals surface area (Å²) in [7, 11) is -1.45. The molecule has 0 radical (unpaired) electrons. The lowest BCUT2D eigenvalue weighted by molar-refractivity contribution is 0.832. The fourth-order valence-electron chi connectivity index (χ4n) is 3.32. The molecule has 0 atom stereocenters. The molecule has 0 saturated carbocycles. The van der Waals surface area contributed by atoms with Gasteiger partial charge < -0.3 is 0 Å². The Bertz CT molecular complexity index is 269. The van der Waals surface area contributed by atoms with E-state index in [1.54, 1.807) is 11.5 Å². The normalized spacial score (nSPS) is 13.1. The summed E-state index contributed by atoms with van der Waals surface area (Å²) in [6.07, 6.45) is 0. The molecule has 1 nitrogen and oxygen atoms in total. The van der Waals surface area contributed by atoms with Crippen LogP contribution < -0.4 is 5.32 Å². The van der Waals surface area contributed by atoms with Crippen LogP contribution in [0.3, 0.4) is 0 Å². The lowest BCUT2D eigenvalue weighted by Gasteiger charge is -2.41. The zero-order chi connectivity index (χ0) is 11.6. The van der Waals surface area contributed by atoms with Crippen LogP contribution in [0.15, 0.2) is 11.4 Å². The van der Waals surface area contributed by atoms with Gasteiger partial charge in [-0.1, -0.05) is 41.5 Å². The molecule has 0 unspecified atom stereocenters. The monoisotopic (exact) mass is 241 g/mol. The second kappa shape index (κ2) is 4.79. The molecule has 0 amide bonds. The lowest BCUT2D eigenvalue weighted by atomic mass is 10.5. The van der Waals surface area contributed by atoms with Crippen molar-refractivity contribution in [2.45, 2.75) is 58.2 Å². The molecule has 0 spiro atoms. The third kappa shape index (κ3) is 2.04. The maximum Gasteiger partial charge on any atom is 0.119 e. The van der Waals surface area contributed by atoms with Crippen LogP contribution in [0.5, 0.6) is 0 Å². The molecule has 0 N–H and O–H groups in total. The van der Waals surface area contributed by atoms with Crippen molar-refractivity contribution in [3.05, 3.63) is 11.4 Å². The molecular weight excluding hydrogens is 218 g/mol. The Labute approximate surface area is 99.1 Å². The van der Waals surface area contributed by atoms with Crippen molar-refractivity contribution < 1.29 is 0 Å². The van der Waals surface area contributed by atoms with E-state index in [1.807, 2.05) is 0 Å². The van der Waals surface area contributed by atoms with E-state index >= 15 is 0 Å². The van der Waals surface area contributed by atoms with Gasteiger partial charge >= 0.3 is 0 Å². The fourth-order valence-corrected chi connectivity index (χ4v) is 10.8. The predicted octanol–water partition coefficient (Wildman–Crippen LogP) is 4.03. The van der Waals surface area contributed by atoms with Crippen molar-refractivity contribution in [1.82, 2.24) is 4.37 Å². The molecule has 1 heterocycles. The van der Waals surface area contributed by atoms with Crippen LogP contribution >= 0.6 is 11.5 Å². The minimum Gasteiger partial charge on any atom is -0.203 e. The lowest BCUT2D eigenvalue weighted by Crippen LogP contribution is -2.56. The molecule has 0 aliphatic rings. The van der Waals surface area contributed by atoms with Gasteiger partial charge in [0.05, 0.1) is 0 Å². The molecule has 1 aromatic heterocycles. The standard InChI is InChI=1S/C12H23NSSi/c1-9(2)15(10(3)4,11(5)6)12-7-8-14-13-12/h7-11H,1-6H3. The third-order valence-electron chi connectivity index (χ3n) is 3.75. The highest BCUT2D eigenvalue weighted by molar-refractivity contribution is 7.06. The van der Waals surface area contributed by atoms with E-state index in [0.717, 1.165) is 16.6 Å². The Morgan fingerprint density at radius 3 is 1.73 bits per heavy atom. The van der Waals surface area contributed by atoms with Crippen LogP contribution in [0.25, 0.3) is 0 Å². The van der Waals surface area contributed by atoms with Gasteiger partial charge in [0.25, 0.3) is 0 Å². The zero-order valence-electron chi connectivity index (χ0n) is 10.7. The fraction of sp³-hybridized carbons (Fsp3) is 0.750. The van der Waals surface area contributed by atoms with Gasteiger partial charge in [0.15, 0.2) is 0 Å². The molecule has 0 aliphatic heterocycles. The van der Waals surface area contributed by atoms with Crippen molar-refractivity contribution in [3.8, 4) is 0 Å². The van der Waals surface area contributed by atoms with Gasteiger partial charge in [-0.15, -0.1) is 0 Å². The second-order valence-corrected chi connectivity index (χ2v) is 11.8. The molecule has 1 aromatic rings. The Morgan fingerprint density at radius 2 is 1.47 bits per heavy atom. The van der Waals surface area contributed by atoms with Crippen molar-refractivity contribution in [3.63, 3.8) is 0 Å². The predicted molar refractivity (Wildman–Crippen MR) is 72.8 cm³/mol. The summed E-state index contributed by atoms with van der Waals surface area (Å²) in [5.74, 6) is 0. The summed E-state index contributed by atoms with van der Waals surface area (Å²) < 4.78 is 4.66. The quantitative estimate of drug-likeness (QED) is 0.725. The summed E-state index contributed by atoms with van der Waals surface area (Å²) in [6.45, 7) is 14.3. The van der Waals surface area contributed by atoms with Gasteiger partial charge in [0, 0.05) is 10.7 Å². The minimum absolute atomic E-state index is 0.764. The van der Waals surface area contributed by atoms with Crippen LogP contribution in [-0.2, 0) is 0 Å². The molecule has 0 aliphatic carbocycles. The highest BCUT2D eigenvalue weighted by Crippen LogP contribution is 2.40. The SMILES string of the molecule is CC(C)[Si](c1ccsn1)(C(C)C)C(C)C. The Kier molecular flexibility index (Phi) is 4.12. The van der Waals surface area contributed by atoms with E-state index in [4.69, 9.17) is 0 Å². The first kappa shape index (κ1) is 12.9. The van der Waals surface area contributed by atoms with E-state index in [0.29, 0.717) is 0 Å². The highest BCUT2D eigenvalue weighted by Gasteiger charge is 2.45. The molecule has 0 fully saturated rings. The van der Waals surface area contributed by atoms with E-state index in [-0.39, 0.29) is 0 Å². The minimum atomic E-state index is -1.45. The zero-order valence-corrected chi connectivity index (χ0v) is 12.6. The Hall–Kier alpha value is -0.153. The van der Waals surface area contributed by atoms with E-state index in [1.165, 1.54) is 5.32 Å². The van der Waals surface area contributed by atoms with Crippen molar-refractivity contribution in [1.29, 1.82) is 0 Å². The molecule has 3 heteroatoms. The van der Waals surface area contributed by atoms with Gasteiger partial charge in [-0.25, -0.2) is 4.37 Å². The number of nitrogens with zero attached hydrogens (tertiary/aromatic N) is 1. The van der Waals surface area contributed by atoms with Crippen LogP contribution in [0.4, 0.5) is 0 Å². The summed E-state index contributed by atoms with van der Waals surface area (Å²) in [4.78, 5) is 0. The van der Waals surface area contributed by atoms with Crippen molar-refractivity contribution in [2.75, 3.05) is 0 Å². The maximum atomic E-state index is 4.66. The highest BCUT2D eigenvalue weighted by atomic mass is 32.1. The smallest absolute Gasteiger partial charge is 0.119 e. The topological polar surface area (TPSA) is 12.9 Å². The van der Waals surface area contributed by atoms with Crippen LogP contribution in [0.1, 0.15) is 41.5 Å². The summed E-state index contributed by atoms with van der Waals surface area (Å²) in [6, 6.07) is 2.26. The molecule has 0 bridgehead atoms. The largest absolute Gasteiger partial charge is 0.203 e. The summed E-state index contributed by atoms with van der Waals surface area (Å²) >= 11 is 1.60. The van der Waals surface area contributed by atoms with Gasteiger partial charge in [-0.3, -0.25) is 0 Å². The molecule has 0 saturated heterocycles. The van der Waals surface area contributed by atoms with Crippen LogP contribution in [0, 0.1) is 0 Å². The summed E-state index contributed by atoms with van der Waals surface area (Å²) in [5, 5.41) is 3.55. The Balaban J connectivity index is 3.27. The molecule has 1 rings (SSSR count). The average Bonchev–Trinajstić information content (AvgIpc) is 2.55. The van der Waals surface area contributed by atoms with Gasteiger partial charge in [-0.2, -0.15) is 0 Å². The number of hydrogen-bond donors (Lipinski definition) is 0. The first-order valence-electron chi connectivity index (χ1n) is 5.84. The van der Waals surface area contributed by atoms with Gasteiger partial charge in [-0.05, 0) is 34.2 Å². The van der Waals surface area contributed by atoms with E-state index in [2.05, 4.69) is 57.4 Å². The first-order valence-corrected chi connectivity index (χ1v) is 8.91. The van der Waals surface area contributed by atoms with Crippen molar-refractivity contribution in [2.24, 2.45) is 0 Å². The van der Waals surface area contributed by atoms with Crippen LogP contribution in [0.2, 0.25) is 16.6 Å². The van der Waals surface area contributed by atoms with Gasteiger partial charge in [0.1, 0.15) is 8.07 Å². The molecular formula is C12H23NSSi. The van der Waals surface area contributed by atoms with E-state index < -0.39 is 8.07 Å². The first-order chi connectivity index (χ1) is 6.94. The average molecular weight is 241 g/mol. The van der Waals surface area contributed by atoms with Gasteiger partial charge in [0.2, 0.25) is 0 Å². The summed E-state index contributed by atoms with van der Waals surface area (Å²) in [5.41, 5.74) is 2.29. The number of hydrogen-bond acceptors (Lipinski definition) is 2. The van der Waals surface area contributed by atoms with E-state index in [9.17, 15) is 0 Å². The molecule has 86 valence electrons. The van der Waals surface area contributed by atoms with Crippen LogP contribution in [-0.4, -0.2) is 12.4 Å². The number of rotatable bonds is 4. The third-order valence-corrected chi connectivity index (χ3v) is 11.4. The Morgan fingerprint density at radius 1 is 1.00 bits per heavy atom. The molecule has 0 aromatic carbocycles. The second-order valence-electron chi connectivity index (χ2n) is 5.28.